The molecule has 2 N–H and O–H groups in total. The van der Waals surface area contributed by atoms with Gasteiger partial charge in [-0.15, -0.1) is 0 Å². The molecule has 1 fully saturated rings. The van der Waals surface area contributed by atoms with E-state index in [9.17, 15) is 14.7 Å². The number of carbonyl (C=O) groups is 2. The molecule has 1 aliphatic heterocycles. The van der Waals surface area contributed by atoms with Crippen molar-refractivity contribution in [2.45, 2.75) is 19.9 Å². The second-order valence-corrected chi connectivity index (χ2v) is 7.65. The lowest BCUT2D eigenvalue weighted by molar-refractivity contribution is -0.140. The van der Waals surface area contributed by atoms with Crippen molar-refractivity contribution < 1.29 is 24.2 Å². The molecule has 7 nitrogen and oxygen atoms in total. The number of ether oxygens (including phenoxy) is 2. The molecule has 0 spiro atoms. The molecule has 0 radical (unpaired) electrons. The van der Waals surface area contributed by atoms with Gasteiger partial charge in [0.05, 0.1) is 24.8 Å². The van der Waals surface area contributed by atoms with Crippen LogP contribution in [-0.4, -0.2) is 53.5 Å². The predicted molar refractivity (Wildman–Crippen MR) is 122 cm³/mol. The van der Waals surface area contributed by atoms with E-state index in [0.717, 1.165) is 22.2 Å². The molecule has 1 saturated heterocycles. The first-order valence-corrected chi connectivity index (χ1v) is 10.6. The summed E-state index contributed by atoms with van der Waals surface area (Å²) in [6.45, 7) is 4.82. The number of hydrogen-bond acceptors (Lipinski definition) is 5. The van der Waals surface area contributed by atoms with E-state index < -0.39 is 17.7 Å². The molecule has 3 aromatic rings. The molecule has 1 atom stereocenters. The van der Waals surface area contributed by atoms with Crippen LogP contribution in [0.2, 0.25) is 0 Å². The summed E-state index contributed by atoms with van der Waals surface area (Å²) in [7, 11) is 1.54. The van der Waals surface area contributed by atoms with E-state index in [1.807, 2.05) is 38.1 Å². The van der Waals surface area contributed by atoms with Gasteiger partial charge in [0.25, 0.3) is 11.7 Å². The fraction of sp³-hybridized carbons (Fsp3) is 0.280. The quantitative estimate of drug-likeness (QED) is 0.334. The van der Waals surface area contributed by atoms with Gasteiger partial charge in [-0.25, -0.2) is 0 Å². The summed E-state index contributed by atoms with van der Waals surface area (Å²) < 4.78 is 10.6. The van der Waals surface area contributed by atoms with Crippen molar-refractivity contribution >= 4 is 28.4 Å². The van der Waals surface area contributed by atoms with E-state index in [-0.39, 0.29) is 24.5 Å². The monoisotopic (exact) mass is 434 g/mol. The first kappa shape index (κ1) is 21.6. The first-order chi connectivity index (χ1) is 15.5. The van der Waals surface area contributed by atoms with Crippen LogP contribution in [0.3, 0.4) is 0 Å². The van der Waals surface area contributed by atoms with E-state index in [1.54, 1.807) is 31.4 Å². The first-order valence-electron chi connectivity index (χ1n) is 10.6. The van der Waals surface area contributed by atoms with Gasteiger partial charge in [0.1, 0.15) is 11.5 Å². The average molecular weight is 434 g/mol. The molecular formula is C25H26N2O5. The van der Waals surface area contributed by atoms with Gasteiger partial charge >= 0.3 is 0 Å². The minimum Gasteiger partial charge on any atom is -0.507 e. The molecular weight excluding hydrogens is 408 g/mol. The zero-order valence-electron chi connectivity index (χ0n) is 18.3. The number of aromatic nitrogens is 1. The van der Waals surface area contributed by atoms with Crippen LogP contribution in [-0.2, 0) is 14.3 Å². The van der Waals surface area contributed by atoms with Crippen LogP contribution < -0.4 is 4.74 Å². The number of H-pyrrole nitrogens is 1. The number of aromatic amines is 1. The number of fused-ring (bicyclic) bond motifs is 1. The fourth-order valence-corrected chi connectivity index (χ4v) is 4.28. The molecule has 32 heavy (non-hydrogen) atoms. The highest BCUT2D eigenvalue weighted by atomic mass is 16.5. The minimum absolute atomic E-state index is 0.0723. The predicted octanol–water partition coefficient (Wildman–Crippen LogP) is 3.94. The van der Waals surface area contributed by atoms with Crippen molar-refractivity contribution in [3.8, 4) is 5.75 Å². The second-order valence-electron chi connectivity index (χ2n) is 7.65. The molecule has 2 heterocycles. The highest BCUT2D eigenvalue weighted by Crippen LogP contribution is 2.43. The maximum absolute atomic E-state index is 13.1. The van der Waals surface area contributed by atoms with Crippen LogP contribution in [0.5, 0.6) is 5.75 Å². The van der Waals surface area contributed by atoms with Crippen LogP contribution in [0, 0.1) is 6.92 Å². The van der Waals surface area contributed by atoms with Crippen molar-refractivity contribution in [3.05, 3.63) is 70.9 Å². The number of para-hydroxylation sites is 1. The number of ketones is 1. The zero-order valence-corrected chi connectivity index (χ0v) is 18.3. The lowest BCUT2D eigenvalue weighted by atomic mass is 9.93. The number of aliphatic hydroxyl groups is 1. The third-order valence-electron chi connectivity index (χ3n) is 5.73. The molecule has 0 bridgehead atoms. The topological polar surface area (TPSA) is 91.9 Å². The number of nitrogens with zero attached hydrogens (tertiary/aromatic N) is 1. The average Bonchev–Trinajstić information content (AvgIpc) is 3.25. The summed E-state index contributed by atoms with van der Waals surface area (Å²) in [5.41, 5.74) is 3.05. The molecule has 2 aromatic carbocycles. The summed E-state index contributed by atoms with van der Waals surface area (Å²) in [6.07, 6.45) is 0. The lowest BCUT2D eigenvalue weighted by Crippen LogP contribution is -2.32. The molecule has 1 unspecified atom stereocenters. The van der Waals surface area contributed by atoms with E-state index in [2.05, 4.69) is 4.98 Å². The Hall–Kier alpha value is -3.58. The number of nitrogens with one attached hydrogen (secondary N) is 1. The maximum Gasteiger partial charge on any atom is 0.295 e. The molecule has 4 rings (SSSR count). The molecule has 1 amide bonds. The number of likely N-dealkylation sites (tertiary alicyclic amines) is 1. The van der Waals surface area contributed by atoms with Gasteiger partial charge in [0.2, 0.25) is 0 Å². The van der Waals surface area contributed by atoms with Crippen LogP contribution in [0.15, 0.2) is 54.1 Å². The Balaban J connectivity index is 1.90. The Morgan fingerprint density at radius 3 is 2.53 bits per heavy atom. The van der Waals surface area contributed by atoms with Gasteiger partial charge in [-0.2, -0.15) is 0 Å². The van der Waals surface area contributed by atoms with Gasteiger partial charge in [-0.05, 0) is 44.2 Å². The number of aryl methyl sites for hydroxylation is 1. The van der Waals surface area contributed by atoms with Crippen molar-refractivity contribution in [3.63, 3.8) is 0 Å². The van der Waals surface area contributed by atoms with Gasteiger partial charge in [-0.3, -0.25) is 9.59 Å². The number of Topliss-reactive ketones (excluding diaryl/α,β-unsaturated/α-hetero) is 1. The van der Waals surface area contributed by atoms with Crippen molar-refractivity contribution in [2.24, 2.45) is 0 Å². The fourth-order valence-electron chi connectivity index (χ4n) is 4.28. The van der Waals surface area contributed by atoms with E-state index in [4.69, 9.17) is 9.47 Å². The van der Waals surface area contributed by atoms with Crippen LogP contribution in [0.1, 0.15) is 29.8 Å². The molecule has 1 aromatic heterocycles. The minimum atomic E-state index is -0.729. The van der Waals surface area contributed by atoms with Gasteiger partial charge < -0.3 is 24.5 Å². The van der Waals surface area contributed by atoms with Crippen molar-refractivity contribution in [2.75, 3.05) is 26.9 Å². The van der Waals surface area contributed by atoms with E-state index in [1.165, 1.54) is 4.90 Å². The Labute approximate surface area is 186 Å². The number of methoxy groups -OCH3 is 1. The smallest absolute Gasteiger partial charge is 0.295 e. The standard InChI is InChI=1S/C25H26N2O5/c1-4-32-17-11-9-16(10-12-17)23(28)21-22(27(13-14-31-3)25(30)24(21)29)20-15(2)26-19-8-6-5-7-18(19)20/h5-12,22,26,28H,4,13-14H2,1-3H3/b23-21+. The molecule has 7 heteroatoms. The Morgan fingerprint density at radius 1 is 1.12 bits per heavy atom. The third-order valence-corrected chi connectivity index (χ3v) is 5.73. The SMILES string of the molecule is CCOc1ccc(/C(O)=C2\C(=O)C(=O)N(CCOC)C2c2c(C)[nH]c3ccccc23)cc1. The van der Waals surface area contributed by atoms with Crippen molar-refractivity contribution in [1.82, 2.24) is 9.88 Å². The number of hydrogen-bond donors (Lipinski definition) is 2. The Kier molecular flexibility index (Phi) is 6.01. The Morgan fingerprint density at radius 2 is 1.84 bits per heavy atom. The van der Waals surface area contributed by atoms with Gasteiger partial charge in [0.15, 0.2) is 0 Å². The Bertz CT molecular complexity index is 1190. The molecule has 1 aliphatic rings. The normalized spacial score (nSPS) is 18.0. The highest BCUT2D eigenvalue weighted by molar-refractivity contribution is 6.46. The summed E-state index contributed by atoms with van der Waals surface area (Å²) >= 11 is 0. The van der Waals surface area contributed by atoms with Crippen LogP contribution in [0.25, 0.3) is 16.7 Å². The van der Waals surface area contributed by atoms with Crippen LogP contribution in [0.4, 0.5) is 0 Å². The molecule has 0 aliphatic carbocycles. The lowest BCUT2D eigenvalue weighted by Gasteiger charge is -2.25. The van der Waals surface area contributed by atoms with Gasteiger partial charge in [0, 0.05) is 41.4 Å². The van der Waals surface area contributed by atoms with E-state index >= 15 is 0 Å². The highest BCUT2D eigenvalue weighted by Gasteiger charge is 2.47. The molecule has 166 valence electrons. The van der Waals surface area contributed by atoms with Crippen molar-refractivity contribution in [1.29, 1.82) is 0 Å². The number of aliphatic hydroxyl groups excluding tert-OH is 1. The summed E-state index contributed by atoms with van der Waals surface area (Å²) in [4.78, 5) is 30.9. The largest absolute Gasteiger partial charge is 0.507 e. The second kappa shape index (κ2) is 8.88. The number of amides is 1. The van der Waals surface area contributed by atoms with Crippen LogP contribution >= 0.6 is 0 Å². The maximum atomic E-state index is 13.1. The number of rotatable bonds is 7. The van der Waals surface area contributed by atoms with Gasteiger partial charge in [-0.1, -0.05) is 18.2 Å². The summed E-state index contributed by atoms with van der Waals surface area (Å²) in [5.74, 6) is -0.902. The number of carbonyl (C=O) groups excluding carboxylic acids is 2. The summed E-state index contributed by atoms with van der Waals surface area (Å²) in [6, 6.07) is 13.8. The molecule has 0 saturated carbocycles. The zero-order chi connectivity index (χ0) is 22.8. The van der Waals surface area contributed by atoms with E-state index in [0.29, 0.717) is 17.9 Å². The third kappa shape index (κ3) is 3.65. The summed E-state index contributed by atoms with van der Waals surface area (Å²) in [5, 5.41) is 12.1. The number of benzene rings is 2.